The predicted molar refractivity (Wildman–Crippen MR) is 112 cm³/mol. The molecule has 1 aromatic heterocycles. The lowest BCUT2D eigenvalue weighted by molar-refractivity contribution is -0.128. The number of likely N-dealkylation sites (tertiary alicyclic amines) is 1. The number of nitrogens with zero attached hydrogens (tertiary/aromatic N) is 4. The monoisotopic (exact) mass is 410 g/mol. The molecule has 0 unspecified atom stereocenters. The Hall–Kier alpha value is -2.87. The second-order valence-electron chi connectivity index (χ2n) is 6.81. The summed E-state index contributed by atoms with van der Waals surface area (Å²) in [4.78, 5) is 28.1. The number of thioether (sulfide) groups is 1. The lowest BCUT2D eigenvalue weighted by Gasteiger charge is -2.22. The fourth-order valence-electron chi connectivity index (χ4n) is 3.52. The summed E-state index contributed by atoms with van der Waals surface area (Å²) in [6, 6.07) is 14.0. The minimum absolute atomic E-state index is 0.0247. The van der Waals surface area contributed by atoms with Crippen LogP contribution in [0.5, 0.6) is 0 Å². The molecule has 0 atom stereocenters. The van der Waals surface area contributed by atoms with E-state index in [9.17, 15) is 9.59 Å². The van der Waals surface area contributed by atoms with Crippen molar-refractivity contribution in [2.24, 2.45) is 0 Å². The molecule has 8 heteroatoms. The van der Waals surface area contributed by atoms with E-state index in [2.05, 4.69) is 10.2 Å². The van der Waals surface area contributed by atoms with Crippen molar-refractivity contribution in [2.75, 3.05) is 23.7 Å². The predicted octanol–water partition coefficient (Wildman–Crippen LogP) is 3.49. The van der Waals surface area contributed by atoms with E-state index in [0.29, 0.717) is 30.6 Å². The summed E-state index contributed by atoms with van der Waals surface area (Å²) >= 11 is 1.22. The zero-order valence-corrected chi connectivity index (χ0v) is 17.0. The van der Waals surface area contributed by atoms with Crippen LogP contribution in [0.2, 0.25) is 0 Å². The first-order chi connectivity index (χ1) is 14.2. The molecule has 0 bridgehead atoms. The van der Waals surface area contributed by atoms with Gasteiger partial charge in [-0.25, -0.2) is 0 Å². The third kappa shape index (κ3) is 4.27. The van der Waals surface area contributed by atoms with Crippen LogP contribution in [0.15, 0.2) is 52.1 Å². The summed E-state index contributed by atoms with van der Waals surface area (Å²) < 4.78 is 5.61. The van der Waals surface area contributed by atoms with Crippen molar-refractivity contribution in [3.05, 3.63) is 48.4 Å². The largest absolute Gasteiger partial charge is 0.414 e. The normalized spacial score (nSPS) is 14.0. The number of rotatable bonds is 7. The molecular formula is C21H22N4O3S. The maximum atomic E-state index is 12.9. The van der Waals surface area contributed by atoms with Crippen molar-refractivity contribution in [1.29, 1.82) is 0 Å². The van der Waals surface area contributed by atoms with E-state index in [1.54, 1.807) is 9.80 Å². The molecule has 1 saturated heterocycles. The van der Waals surface area contributed by atoms with Crippen molar-refractivity contribution in [1.82, 2.24) is 15.1 Å². The maximum absolute atomic E-state index is 12.9. The average molecular weight is 410 g/mol. The average Bonchev–Trinajstić information content (AvgIpc) is 3.36. The Bertz CT molecular complexity index is 1030. The Balaban J connectivity index is 1.41. The van der Waals surface area contributed by atoms with Gasteiger partial charge in [-0.3, -0.25) is 9.59 Å². The number of benzene rings is 2. The molecule has 0 N–H and O–H groups in total. The molecular weight excluding hydrogens is 388 g/mol. The summed E-state index contributed by atoms with van der Waals surface area (Å²) in [5.74, 6) is 0.683. The van der Waals surface area contributed by atoms with Gasteiger partial charge in [0.15, 0.2) is 0 Å². The Morgan fingerprint density at radius 3 is 2.83 bits per heavy atom. The molecule has 0 radical (unpaired) electrons. The van der Waals surface area contributed by atoms with E-state index in [4.69, 9.17) is 4.42 Å². The highest BCUT2D eigenvalue weighted by Crippen LogP contribution is 2.28. The zero-order valence-electron chi connectivity index (χ0n) is 16.2. The van der Waals surface area contributed by atoms with E-state index in [1.807, 2.05) is 49.4 Å². The lowest BCUT2D eigenvalue weighted by atomic mass is 10.1. The molecule has 2 aromatic carbocycles. The van der Waals surface area contributed by atoms with Crippen LogP contribution in [0.4, 0.5) is 5.69 Å². The Kier molecular flexibility index (Phi) is 5.80. The standard InChI is InChI=1S/C21H22N4O3S/c1-2-25(17-10-5-8-15-7-3-4-9-16(15)17)20(27)14-29-21-23-22-18(28-21)13-24-12-6-11-19(24)26/h3-5,7-10H,2,6,11-14H2,1H3. The number of carbonyl (C=O) groups excluding carboxylic acids is 2. The topological polar surface area (TPSA) is 79.5 Å². The third-order valence-electron chi connectivity index (χ3n) is 4.94. The van der Waals surface area contributed by atoms with Crippen molar-refractivity contribution in [3.63, 3.8) is 0 Å². The molecule has 4 rings (SSSR count). The fraction of sp³-hybridized carbons (Fsp3) is 0.333. The quantitative estimate of drug-likeness (QED) is 0.555. The summed E-state index contributed by atoms with van der Waals surface area (Å²) in [5, 5.41) is 10.5. The van der Waals surface area contributed by atoms with Gasteiger partial charge in [0.2, 0.25) is 17.7 Å². The van der Waals surface area contributed by atoms with Crippen LogP contribution in [-0.2, 0) is 16.1 Å². The number of aromatic nitrogens is 2. The smallest absolute Gasteiger partial charge is 0.277 e. The summed E-state index contributed by atoms with van der Waals surface area (Å²) in [7, 11) is 0. The molecule has 7 nitrogen and oxygen atoms in total. The van der Waals surface area contributed by atoms with Gasteiger partial charge in [0.25, 0.3) is 5.22 Å². The molecule has 1 fully saturated rings. The van der Waals surface area contributed by atoms with Crippen LogP contribution in [0.1, 0.15) is 25.7 Å². The van der Waals surface area contributed by atoms with Crippen LogP contribution in [0, 0.1) is 0 Å². The first-order valence-corrected chi connectivity index (χ1v) is 10.7. The third-order valence-corrected chi connectivity index (χ3v) is 5.74. The van der Waals surface area contributed by atoms with Gasteiger partial charge in [-0.1, -0.05) is 48.2 Å². The molecule has 1 aliphatic heterocycles. The van der Waals surface area contributed by atoms with Gasteiger partial charge in [0, 0.05) is 24.9 Å². The SMILES string of the molecule is CCN(C(=O)CSc1nnc(CN2CCCC2=O)o1)c1cccc2ccccc12. The number of carbonyl (C=O) groups is 2. The maximum Gasteiger partial charge on any atom is 0.277 e. The van der Waals surface area contributed by atoms with Crippen molar-refractivity contribution in [2.45, 2.75) is 31.5 Å². The molecule has 29 heavy (non-hydrogen) atoms. The molecule has 3 aromatic rings. The highest BCUT2D eigenvalue weighted by Gasteiger charge is 2.23. The summed E-state index contributed by atoms with van der Waals surface area (Å²) in [5.41, 5.74) is 0.898. The van der Waals surface area contributed by atoms with E-state index < -0.39 is 0 Å². The van der Waals surface area contributed by atoms with Crippen LogP contribution in [0.3, 0.4) is 0 Å². The Labute approximate surface area is 173 Å². The first kappa shape index (κ1) is 19.4. The van der Waals surface area contributed by atoms with Crippen LogP contribution in [0.25, 0.3) is 10.8 Å². The van der Waals surface area contributed by atoms with Gasteiger partial charge in [0.05, 0.1) is 18.0 Å². The highest BCUT2D eigenvalue weighted by molar-refractivity contribution is 7.99. The van der Waals surface area contributed by atoms with Gasteiger partial charge < -0.3 is 14.2 Å². The summed E-state index contributed by atoms with van der Waals surface area (Å²) in [6.07, 6.45) is 1.44. The number of fused-ring (bicyclic) bond motifs is 1. The molecule has 2 amide bonds. The Morgan fingerprint density at radius 1 is 1.21 bits per heavy atom. The van der Waals surface area contributed by atoms with Gasteiger partial charge in [-0.05, 0) is 24.8 Å². The molecule has 2 heterocycles. The van der Waals surface area contributed by atoms with Gasteiger partial charge in [-0.2, -0.15) is 0 Å². The number of hydrogen-bond acceptors (Lipinski definition) is 6. The van der Waals surface area contributed by atoms with Gasteiger partial charge in [-0.15, -0.1) is 10.2 Å². The van der Waals surface area contributed by atoms with Gasteiger partial charge in [0.1, 0.15) is 0 Å². The molecule has 0 spiro atoms. The van der Waals surface area contributed by atoms with Crippen molar-refractivity contribution < 1.29 is 14.0 Å². The molecule has 0 saturated carbocycles. The van der Waals surface area contributed by atoms with Gasteiger partial charge >= 0.3 is 0 Å². The van der Waals surface area contributed by atoms with Crippen LogP contribution in [-0.4, -0.2) is 45.8 Å². The lowest BCUT2D eigenvalue weighted by Crippen LogP contribution is -2.32. The summed E-state index contributed by atoms with van der Waals surface area (Å²) in [6.45, 7) is 3.58. The van der Waals surface area contributed by atoms with E-state index in [1.165, 1.54) is 11.8 Å². The van der Waals surface area contributed by atoms with Crippen LogP contribution < -0.4 is 4.90 Å². The first-order valence-electron chi connectivity index (χ1n) is 9.67. The second-order valence-corrected chi connectivity index (χ2v) is 7.73. The van der Waals surface area contributed by atoms with E-state index in [0.717, 1.165) is 29.4 Å². The second kappa shape index (κ2) is 8.65. The van der Waals surface area contributed by atoms with E-state index >= 15 is 0 Å². The van der Waals surface area contributed by atoms with Crippen molar-refractivity contribution in [3.8, 4) is 0 Å². The van der Waals surface area contributed by atoms with E-state index in [-0.39, 0.29) is 17.6 Å². The molecule has 0 aliphatic carbocycles. The number of amides is 2. The Morgan fingerprint density at radius 2 is 2.03 bits per heavy atom. The minimum Gasteiger partial charge on any atom is -0.414 e. The minimum atomic E-state index is -0.0247. The fourth-order valence-corrected chi connectivity index (χ4v) is 4.18. The number of anilines is 1. The number of hydrogen-bond donors (Lipinski definition) is 0. The van der Waals surface area contributed by atoms with Crippen LogP contribution >= 0.6 is 11.8 Å². The zero-order chi connectivity index (χ0) is 20.2. The molecule has 150 valence electrons. The molecule has 1 aliphatic rings. The van der Waals surface area contributed by atoms with Crippen molar-refractivity contribution >= 4 is 40.0 Å². The highest BCUT2D eigenvalue weighted by atomic mass is 32.2.